The number of anilines is 1. The molecule has 32 heavy (non-hydrogen) atoms. The molecule has 0 spiro atoms. The molecule has 0 aromatic heterocycles. The zero-order valence-corrected chi connectivity index (χ0v) is 20.0. The summed E-state index contributed by atoms with van der Waals surface area (Å²) in [6.07, 6.45) is 4.04. The lowest BCUT2D eigenvalue weighted by Gasteiger charge is -2.21. The SMILES string of the molecule is CN(C)C(=O)CN=C(NCCCOCC1CCOCC1)NCCCN(C)c1ccccc1. The summed E-state index contributed by atoms with van der Waals surface area (Å²) in [5.41, 5.74) is 1.21. The van der Waals surface area contributed by atoms with Crippen LogP contribution in [0, 0.1) is 5.92 Å². The Kier molecular flexibility index (Phi) is 12.5. The standard InChI is InChI=1S/C24H41N5O3/c1-28(2)23(30)19-27-24(25-13-7-15-29(3)22-9-5-4-6-10-22)26-14-8-16-32-20-21-11-17-31-18-12-21/h4-6,9-10,21H,7-8,11-20H2,1-3H3,(H2,25,26,27). The fourth-order valence-corrected chi connectivity index (χ4v) is 3.34. The van der Waals surface area contributed by atoms with E-state index in [0.717, 1.165) is 71.7 Å². The number of guanidine groups is 1. The summed E-state index contributed by atoms with van der Waals surface area (Å²) < 4.78 is 11.2. The van der Waals surface area contributed by atoms with Crippen LogP contribution in [0.4, 0.5) is 5.69 Å². The van der Waals surface area contributed by atoms with Gasteiger partial charge in [0.05, 0.1) is 0 Å². The minimum Gasteiger partial charge on any atom is -0.381 e. The summed E-state index contributed by atoms with van der Waals surface area (Å²) in [6, 6.07) is 10.3. The largest absolute Gasteiger partial charge is 0.381 e. The number of likely N-dealkylation sites (N-methyl/N-ethyl adjacent to an activating group) is 1. The second-order valence-electron chi connectivity index (χ2n) is 8.40. The second-order valence-corrected chi connectivity index (χ2v) is 8.40. The van der Waals surface area contributed by atoms with Crippen LogP contribution in [0.2, 0.25) is 0 Å². The third-order valence-electron chi connectivity index (χ3n) is 5.48. The van der Waals surface area contributed by atoms with E-state index in [1.165, 1.54) is 5.69 Å². The highest BCUT2D eigenvalue weighted by Crippen LogP contribution is 2.14. The highest BCUT2D eigenvalue weighted by molar-refractivity contribution is 5.84. The second kappa shape index (κ2) is 15.5. The maximum atomic E-state index is 11.9. The van der Waals surface area contributed by atoms with Crippen LogP contribution in [0.15, 0.2) is 35.3 Å². The van der Waals surface area contributed by atoms with Crippen LogP contribution >= 0.6 is 0 Å². The van der Waals surface area contributed by atoms with Crippen LogP contribution < -0.4 is 15.5 Å². The van der Waals surface area contributed by atoms with Crippen LogP contribution in [0.3, 0.4) is 0 Å². The van der Waals surface area contributed by atoms with Gasteiger partial charge in [0.2, 0.25) is 5.91 Å². The minimum absolute atomic E-state index is 0.0188. The molecule has 0 saturated carbocycles. The number of carbonyl (C=O) groups excluding carboxylic acids is 1. The summed E-state index contributed by atoms with van der Waals surface area (Å²) >= 11 is 0. The normalized spacial score (nSPS) is 14.8. The van der Waals surface area contributed by atoms with E-state index >= 15 is 0 Å². The van der Waals surface area contributed by atoms with E-state index in [-0.39, 0.29) is 12.5 Å². The Morgan fingerprint density at radius 2 is 1.78 bits per heavy atom. The Balaban J connectivity index is 1.67. The van der Waals surface area contributed by atoms with E-state index < -0.39 is 0 Å². The van der Waals surface area contributed by atoms with E-state index in [0.29, 0.717) is 11.9 Å². The third kappa shape index (κ3) is 10.8. The highest BCUT2D eigenvalue weighted by Gasteiger charge is 2.13. The lowest BCUT2D eigenvalue weighted by molar-refractivity contribution is -0.127. The van der Waals surface area contributed by atoms with Gasteiger partial charge in [-0.1, -0.05) is 18.2 Å². The molecule has 1 aliphatic rings. The lowest BCUT2D eigenvalue weighted by Crippen LogP contribution is -2.40. The van der Waals surface area contributed by atoms with Crippen molar-refractivity contribution in [2.45, 2.75) is 25.7 Å². The van der Waals surface area contributed by atoms with Gasteiger partial charge in [-0.2, -0.15) is 0 Å². The van der Waals surface area contributed by atoms with Gasteiger partial charge < -0.3 is 29.9 Å². The number of hydrogen-bond acceptors (Lipinski definition) is 5. The maximum absolute atomic E-state index is 11.9. The Labute approximate surface area is 193 Å². The molecule has 2 rings (SSSR count). The minimum atomic E-state index is -0.0188. The molecule has 8 nitrogen and oxygen atoms in total. The number of benzene rings is 1. The van der Waals surface area contributed by atoms with Gasteiger partial charge in [-0.15, -0.1) is 0 Å². The van der Waals surface area contributed by atoms with Gasteiger partial charge in [0, 0.05) is 72.9 Å². The number of nitrogens with zero attached hydrogens (tertiary/aromatic N) is 3. The molecule has 1 aromatic carbocycles. The van der Waals surface area contributed by atoms with E-state index in [2.05, 4.69) is 39.7 Å². The molecular weight excluding hydrogens is 406 g/mol. The fraction of sp³-hybridized carbons (Fsp3) is 0.667. The number of nitrogens with one attached hydrogen (secondary N) is 2. The number of amides is 1. The Morgan fingerprint density at radius 1 is 1.09 bits per heavy atom. The molecule has 1 aliphatic heterocycles. The third-order valence-corrected chi connectivity index (χ3v) is 5.48. The molecule has 1 heterocycles. The van der Waals surface area contributed by atoms with Crippen molar-refractivity contribution in [3.05, 3.63) is 30.3 Å². The van der Waals surface area contributed by atoms with Crippen molar-refractivity contribution in [3.63, 3.8) is 0 Å². The molecule has 0 aliphatic carbocycles. The summed E-state index contributed by atoms with van der Waals surface area (Å²) in [5.74, 6) is 1.28. The summed E-state index contributed by atoms with van der Waals surface area (Å²) in [4.78, 5) is 20.2. The molecule has 1 saturated heterocycles. The zero-order valence-electron chi connectivity index (χ0n) is 20.0. The number of rotatable bonds is 13. The van der Waals surface area contributed by atoms with Crippen LogP contribution in [-0.2, 0) is 14.3 Å². The Bertz CT molecular complexity index is 663. The number of para-hydroxylation sites is 1. The van der Waals surface area contributed by atoms with Crippen molar-refractivity contribution in [1.29, 1.82) is 0 Å². The van der Waals surface area contributed by atoms with E-state index in [4.69, 9.17) is 9.47 Å². The van der Waals surface area contributed by atoms with Crippen molar-refractivity contribution in [1.82, 2.24) is 15.5 Å². The lowest BCUT2D eigenvalue weighted by atomic mass is 10.0. The molecule has 1 fully saturated rings. The first-order valence-corrected chi connectivity index (χ1v) is 11.7. The molecule has 0 radical (unpaired) electrons. The zero-order chi connectivity index (χ0) is 23.0. The molecule has 0 bridgehead atoms. The first-order chi connectivity index (χ1) is 15.6. The fourth-order valence-electron chi connectivity index (χ4n) is 3.34. The van der Waals surface area contributed by atoms with Gasteiger partial charge in [-0.3, -0.25) is 4.79 Å². The Morgan fingerprint density at radius 3 is 2.47 bits per heavy atom. The van der Waals surface area contributed by atoms with Gasteiger partial charge in [0.25, 0.3) is 0 Å². The molecule has 2 N–H and O–H groups in total. The highest BCUT2D eigenvalue weighted by atomic mass is 16.5. The van der Waals surface area contributed by atoms with Crippen LogP contribution in [0.25, 0.3) is 0 Å². The number of hydrogen-bond donors (Lipinski definition) is 2. The molecular formula is C24H41N5O3. The van der Waals surface area contributed by atoms with Gasteiger partial charge in [0.15, 0.2) is 5.96 Å². The molecule has 0 unspecified atom stereocenters. The van der Waals surface area contributed by atoms with Gasteiger partial charge in [-0.05, 0) is 43.7 Å². The molecule has 0 atom stereocenters. The average molecular weight is 448 g/mol. The smallest absolute Gasteiger partial charge is 0.243 e. The summed E-state index contributed by atoms with van der Waals surface area (Å²) in [5, 5.41) is 6.68. The van der Waals surface area contributed by atoms with E-state index in [9.17, 15) is 4.79 Å². The first-order valence-electron chi connectivity index (χ1n) is 11.7. The van der Waals surface area contributed by atoms with Crippen molar-refractivity contribution in [3.8, 4) is 0 Å². The molecule has 1 amide bonds. The van der Waals surface area contributed by atoms with E-state index in [1.807, 2.05) is 18.2 Å². The quantitative estimate of drug-likeness (QED) is 0.273. The summed E-state index contributed by atoms with van der Waals surface area (Å²) in [7, 11) is 5.58. The first kappa shape index (κ1) is 25.9. The van der Waals surface area contributed by atoms with Crippen LogP contribution in [0.1, 0.15) is 25.7 Å². The number of carbonyl (C=O) groups is 1. The Hall–Kier alpha value is -2.32. The van der Waals surface area contributed by atoms with E-state index in [1.54, 1.807) is 19.0 Å². The van der Waals surface area contributed by atoms with Crippen molar-refractivity contribution in [2.24, 2.45) is 10.9 Å². The number of aliphatic imine (C=N–C) groups is 1. The van der Waals surface area contributed by atoms with Gasteiger partial charge in [0.1, 0.15) is 6.54 Å². The average Bonchev–Trinajstić information content (AvgIpc) is 2.82. The summed E-state index contributed by atoms with van der Waals surface area (Å²) in [6.45, 7) is 5.83. The van der Waals surface area contributed by atoms with Crippen LogP contribution in [0.5, 0.6) is 0 Å². The maximum Gasteiger partial charge on any atom is 0.243 e. The molecule has 8 heteroatoms. The van der Waals surface area contributed by atoms with Gasteiger partial charge in [-0.25, -0.2) is 4.99 Å². The predicted octanol–water partition coefficient (Wildman–Crippen LogP) is 1.97. The predicted molar refractivity (Wildman–Crippen MR) is 130 cm³/mol. The van der Waals surface area contributed by atoms with Crippen molar-refractivity contribution >= 4 is 17.6 Å². The molecule has 180 valence electrons. The van der Waals surface area contributed by atoms with Crippen molar-refractivity contribution in [2.75, 3.05) is 78.6 Å². The van der Waals surface area contributed by atoms with Crippen LogP contribution in [-0.4, -0.2) is 90.5 Å². The van der Waals surface area contributed by atoms with Gasteiger partial charge >= 0.3 is 0 Å². The topological polar surface area (TPSA) is 78.4 Å². The van der Waals surface area contributed by atoms with Crippen molar-refractivity contribution < 1.29 is 14.3 Å². The molecule has 1 aromatic rings. The number of ether oxygens (including phenoxy) is 2. The monoisotopic (exact) mass is 447 g/mol.